The van der Waals surface area contributed by atoms with Gasteiger partial charge in [-0.1, -0.05) is 19.3 Å². The highest BCUT2D eigenvalue weighted by atomic mass is 16.6. The number of amides is 2. The minimum Gasteiger partial charge on any atom is -0.353 e. The van der Waals surface area contributed by atoms with Crippen LogP contribution in [0.3, 0.4) is 0 Å². The van der Waals surface area contributed by atoms with Gasteiger partial charge in [0.15, 0.2) is 0 Å². The molecule has 1 aromatic rings. The van der Waals surface area contributed by atoms with Crippen molar-refractivity contribution in [3.63, 3.8) is 0 Å². The summed E-state index contributed by atoms with van der Waals surface area (Å²) in [6, 6.07) is 4.74. The lowest BCUT2D eigenvalue weighted by Crippen LogP contribution is -2.46. The molecule has 1 saturated carbocycles. The topological polar surface area (TPSA) is 105 Å². The first-order chi connectivity index (χ1) is 14.4. The Kier molecular flexibility index (Phi) is 7.79. The molecule has 164 valence electrons. The number of likely N-dealkylation sites (tertiary alicyclic amines) is 1. The molecule has 8 heteroatoms. The predicted octanol–water partition coefficient (Wildman–Crippen LogP) is 3.39. The van der Waals surface area contributed by atoms with Gasteiger partial charge >= 0.3 is 0 Å². The van der Waals surface area contributed by atoms with Crippen molar-refractivity contribution in [1.82, 2.24) is 10.2 Å². The Morgan fingerprint density at radius 3 is 2.63 bits per heavy atom. The van der Waals surface area contributed by atoms with E-state index in [1.807, 2.05) is 0 Å². The van der Waals surface area contributed by atoms with Gasteiger partial charge in [-0.2, -0.15) is 0 Å². The van der Waals surface area contributed by atoms with E-state index < -0.39 is 4.92 Å². The lowest BCUT2D eigenvalue weighted by atomic mass is 9.93. The summed E-state index contributed by atoms with van der Waals surface area (Å²) in [5, 5.41) is 16.9. The molecule has 30 heavy (non-hydrogen) atoms. The fourth-order valence-corrected chi connectivity index (χ4v) is 4.41. The van der Waals surface area contributed by atoms with E-state index in [0.29, 0.717) is 36.8 Å². The average Bonchev–Trinajstić information content (AvgIpc) is 2.74. The number of carbonyl (C=O) groups excluding carboxylic acids is 2. The maximum atomic E-state index is 12.6. The molecular formula is C22H32N4O4. The molecule has 1 heterocycles. The van der Waals surface area contributed by atoms with Gasteiger partial charge in [0.1, 0.15) is 0 Å². The average molecular weight is 417 g/mol. The molecule has 0 bridgehead atoms. The van der Waals surface area contributed by atoms with Crippen LogP contribution in [0.1, 0.15) is 56.9 Å². The Morgan fingerprint density at radius 1 is 1.17 bits per heavy atom. The van der Waals surface area contributed by atoms with Gasteiger partial charge in [-0.3, -0.25) is 19.7 Å². The van der Waals surface area contributed by atoms with E-state index in [4.69, 9.17) is 0 Å². The van der Waals surface area contributed by atoms with Crippen molar-refractivity contribution in [3.05, 3.63) is 33.9 Å². The zero-order valence-corrected chi connectivity index (χ0v) is 17.7. The van der Waals surface area contributed by atoms with Crippen LogP contribution in [0.15, 0.2) is 18.2 Å². The first-order valence-corrected chi connectivity index (χ1v) is 11.0. The molecule has 0 aromatic heterocycles. The molecule has 0 radical (unpaired) electrons. The third kappa shape index (κ3) is 6.26. The van der Waals surface area contributed by atoms with Gasteiger partial charge in [0.2, 0.25) is 11.8 Å². The summed E-state index contributed by atoms with van der Waals surface area (Å²) in [6.07, 6.45) is 8.04. The summed E-state index contributed by atoms with van der Waals surface area (Å²) < 4.78 is 0. The Balaban J connectivity index is 1.44. The van der Waals surface area contributed by atoms with E-state index in [1.54, 1.807) is 13.0 Å². The monoisotopic (exact) mass is 416 g/mol. The highest BCUT2D eigenvalue weighted by molar-refractivity contribution is 5.91. The number of aryl methyl sites for hydroxylation is 1. The van der Waals surface area contributed by atoms with Crippen molar-refractivity contribution in [2.45, 2.75) is 64.3 Å². The molecular weight excluding hydrogens is 384 g/mol. The molecule has 1 aromatic carbocycles. The second kappa shape index (κ2) is 10.5. The molecule has 8 nitrogen and oxygen atoms in total. The van der Waals surface area contributed by atoms with Crippen LogP contribution in [-0.4, -0.2) is 47.3 Å². The van der Waals surface area contributed by atoms with Crippen LogP contribution in [0.25, 0.3) is 0 Å². The van der Waals surface area contributed by atoms with E-state index in [0.717, 1.165) is 32.2 Å². The quantitative estimate of drug-likeness (QED) is 0.524. The minimum absolute atomic E-state index is 0.000606. The van der Waals surface area contributed by atoms with Crippen LogP contribution in [0.4, 0.5) is 11.4 Å². The van der Waals surface area contributed by atoms with Gasteiger partial charge in [0.25, 0.3) is 5.69 Å². The van der Waals surface area contributed by atoms with Crippen LogP contribution in [-0.2, 0) is 9.59 Å². The van der Waals surface area contributed by atoms with Crippen molar-refractivity contribution in [3.8, 4) is 0 Å². The predicted molar refractivity (Wildman–Crippen MR) is 115 cm³/mol. The summed E-state index contributed by atoms with van der Waals surface area (Å²) in [7, 11) is 0. The molecule has 1 aliphatic carbocycles. The molecule has 1 unspecified atom stereocenters. The summed E-state index contributed by atoms with van der Waals surface area (Å²) in [6.45, 7) is 3.94. The minimum atomic E-state index is -0.449. The van der Waals surface area contributed by atoms with Crippen LogP contribution in [0.2, 0.25) is 0 Å². The second-order valence-corrected chi connectivity index (χ2v) is 8.54. The SMILES string of the molecule is Cc1cc([N+](=O)[O-])ccc1NC(=O)CCN1CCCC(C(=O)NC2CCCCC2)C1. The maximum Gasteiger partial charge on any atom is 0.269 e. The number of piperidine rings is 1. The third-order valence-corrected chi connectivity index (χ3v) is 6.18. The number of rotatable bonds is 7. The number of nitro benzene ring substituents is 1. The lowest BCUT2D eigenvalue weighted by Gasteiger charge is -2.33. The number of hydrogen-bond donors (Lipinski definition) is 2. The van der Waals surface area contributed by atoms with Crippen molar-refractivity contribution >= 4 is 23.2 Å². The highest BCUT2D eigenvalue weighted by Crippen LogP contribution is 2.22. The van der Waals surface area contributed by atoms with E-state index in [1.165, 1.54) is 31.4 Å². The van der Waals surface area contributed by atoms with Crippen molar-refractivity contribution in [1.29, 1.82) is 0 Å². The van der Waals surface area contributed by atoms with Gasteiger partial charge in [0, 0.05) is 43.4 Å². The summed E-state index contributed by atoms with van der Waals surface area (Å²) in [5.41, 5.74) is 1.26. The molecule has 2 N–H and O–H groups in total. The number of benzene rings is 1. The third-order valence-electron chi connectivity index (χ3n) is 6.18. The molecule has 1 aliphatic heterocycles. The van der Waals surface area contributed by atoms with Crippen molar-refractivity contribution in [2.24, 2.45) is 5.92 Å². The normalized spacial score (nSPS) is 20.5. The lowest BCUT2D eigenvalue weighted by molar-refractivity contribution is -0.384. The number of carbonyl (C=O) groups is 2. The fraction of sp³-hybridized carbons (Fsp3) is 0.636. The fourth-order valence-electron chi connectivity index (χ4n) is 4.41. The van der Waals surface area contributed by atoms with Gasteiger partial charge in [-0.15, -0.1) is 0 Å². The van der Waals surface area contributed by atoms with Gasteiger partial charge < -0.3 is 15.5 Å². The Bertz CT molecular complexity index is 776. The smallest absolute Gasteiger partial charge is 0.269 e. The molecule has 0 spiro atoms. The Hall–Kier alpha value is -2.48. The number of non-ortho nitro benzene ring substituents is 1. The zero-order valence-electron chi connectivity index (χ0n) is 17.7. The van der Waals surface area contributed by atoms with Gasteiger partial charge in [-0.05, 0) is 50.8 Å². The molecule has 2 amide bonds. The summed E-state index contributed by atoms with van der Waals surface area (Å²) in [4.78, 5) is 37.6. The van der Waals surface area contributed by atoms with Crippen molar-refractivity contribution in [2.75, 3.05) is 25.0 Å². The van der Waals surface area contributed by atoms with E-state index in [-0.39, 0.29) is 23.4 Å². The first kappa shape index (κ1) is 22.2. The first-order valence-electron chi connectivity index (χ1n) is 11.0. The Morgan fingerprint density at radius 2 is 1.93 bits per heavy atom. The number of nitrogens with zero attached hydrogens (tertiary/aromatic N) is 2. The number of hydrogen-bond acceptors (Lipinski definition) is 5. The Labute approximate surface area is 177 Å². The largest absolute Gasteiger partial charge is 0.353 e. The summed E-state index contributed by atoms with van der Waals surface area (Å²) >= 11 is 0. The summed E-state index contributed by atoms with van der Waals surface area (Å²) in [5.74, 6) is 0.0407. The number of nitrogens with one attached hydrogen (secondary N) is 2. The maximum absolute atomic E-state index is 12.6. The molecule has 1 atom stereocenters. The van der Waals surface area contributed by atoms with E-state index in [9.17, 15) is 19.7 Å². The van der Waals surface area contributed by atoms with Crippen LogP contribution >= 0.6 is 0 Å². The van der Waals surface area contributed by atoms with Crippen LogP contribution < -0.4 is 10.6 Å². The zero-order chi connectivity index (χ0) is 21.5. The number of anilines is 1. The second-order valence-electron chi connectivity index (χ2n) is 8.54. The molecule has 1 saturated heterocycles. The number of nitro groups is 1. The highest BCUT2D eigenvalue weighted by Gasteiger charge is 2.27. The molecule has 2 fully saturated rings. The molecule has 2 aliphatic rings. The van der Waals surface area contributed by atoms with E-state index >= 15 is 0 Å². The standard InChI is InChI=1S/C22H32N4O4/c1-16-14-19(26(29)30)9-10-20(16)24-21(27)11-13-25-12-5-6-17(15-25)22(28)23-18-7-3-2-4-8-18/h9-10,14,17-18H,2-8,11-13,15H2,1H3,(H,23,28)(H,24,27). The molecule has 3 rings (SSSR count). The van der Waals surface area contributed by atoms with Gasteiger partial charge in [0.05, 0.1) is 10.8 Å². The van der Waals surface area contributed by atoms with E-state index in [2.05, 4.69) is 15.5 Å². The van der Waals surface area contributed by atoms with Crippen molar-refractivity contribution < 1.29 is 14.5 Å². The van der Waals surface area contributed by atoms with Crippen LogP contribution in [0.5, 0.6) is 0 Å². The van der Waals surface area contributed by atoms with Gasteiger partial charge in [-0.25, -0.2) is 0 Å². The van der Waals surface area contributed by atoms with Crippen LogP contribution in [0, 0.1) is 23.0 Å².